The van der Waals surface area contributed by atoms with E-state index in [2.05, 4.69) is 10.2 Å². The van der Waals surface area contributed by atoms with Gasteiger partial charge in [0.05, 0.1) is 0 Å². The quantitative estimate of drug-likeness (QED) is 0.653. The maximum Gasteiger partial charge on any atom is 0.316 e. The van der Waals surface area contributed by atoms with E-state index in [9.17, 15) is 18.4 Å². The van der Waals surface area contributed by atoms with E-state index in [-0.39, 0.29) is 5.69 Å². The first kappa shape index (κ1) is 19.3. The van der Waals surface area contributed by atoms with Crippen LogP contribution < -0.4 is 10.2 Å². The molecular weight excluding hydrogens is 328 g/mol. The number of likely N-dealkylation sites (tertiary alicyclic amines) is 1. The van der Waals surface area contributed by atoms with Crippen LogP contribution in [0.25, 0.3) is 0 Å². The number of nitrogens with one attached hydrogen (secondary N) is 1. The molecule has 2 amide bonds. The molecule has 25 heavy (non-hydrogen) atoms. The van der Waals surface area contributed by atoms with Crippen molar-refractivity contribution in [2.75, 3.05) is 38.1 Å². The minimum absolute atomic E-state index is 0.128. The van der Waals surface area contributed by atoms with Gasteiger partial charge in [0.25, 0.3) is 0 Å². The van der Waals surface area contributed by atoms with Gasteiger partial charge in [0.15, 0.2) is 11.6 Å². The highest BCUT2D eigenvalue weighted by Gasteiger charge is 2.20. The van der Waals surface area contributed by atoms with E-state index in [4.69, 9.17) is 0 Å². The van der Waals surface area contributed by atoms with E-state index in [0.29, 0.717) is 6.54 Å². The molecular formula is C18H25F2N3O2. The second-order valence-electron chi connectivity index (χ2n) is 6.33. The summed E-state index contributed by atoms with van der Waals surface area (Å²) in [5.41, 5.74) is 0.128. The zero-order chi connectivity index (χ0) is 18.2. The Morgan fingerprint density at radius 2 is 1.80 bits per heavy atom. The average Bonchev–Trinajstić information content (AvgIpc) is 2.88. The molecule has 7 heteroatoms. The molecule has 1 fully saturated rings. The van der Waals surface area contributed by atoms with Gasteiger partial charge in [0.2, 0.25) is 0 Å². The van der Waals surface area contributed by atoms with Crippen LogP contribution in [-0.4, -0.2) is 49.9 Å². The highest BCUT2D eigenvalue weighted by atomic mass is 19.2. The Bertz CT molecular complexity index is 602. The van der Waals surface area contributed by atoms with E-state index in [1.807, 2.05) is 0 Å². The van der Waals surface area contributed by atoms with E-state index in [1.54, 1.807) is 0 Å². The van der Waals surface area contributed by atoms with Crippen molar-refractivity contribution in [3.05, 3.63) is 29.8 Å². The number of likely N-dealkylation sites (N-methyl/N-ethyl adjacent to an activating group) is 1. The van der Waals surface area contributed by atoms with Crippen LogP contribution in [0.5, 0.6) is 0 Å². The highest BCUT2D eigenvalue weighted by Crippen LogP contribution is 2.16. The van der Waals surface area contributed by atoms with E-state index >= 15 is 0 Å². The molecule has 0 atom stereocenters. The zero-order valence-corrected chi connectivity index (χ0v) is 14.6. The number of rotatable bonds is 5. The van der Waals surface area contributed by atoms with Crippen LogP contribution in [0.1, 0.15) is 32.1 Å². The summed E-state index contributed by atoms with van der Waals surface area (Å²) in [4.78, 5) is 27.4. The number of benzene rings is 1. The number of carbonyl (C=O) groups excluding carboxylic acids is 2. The number of nitrogens with zero attached hydrogens (tertiary/aromatic N) is 2. The smallest absolute Gasteiger partial charge is 0.316 e. The van der Waals surface area contributed by atoms with Gasteiger partial charge in [-0.1, -0.05) is 12.8 Å². The molecule has 1 saturated heterocycles. The molecule has 2 rings (SSSR count). The summed E-state index contributed by atoms with van der Waals surface area (Å²) in [6.07, 6.45) is 5.75. The topological polar surface area (TPSA) is 52.7 Å². The number of carbonyl (C=O) groups is 2. The first-order chi connectivity index (χ1) is 12.0. The number of halogens is 2. The van der Waals surface area contributed by atoms with Crippen LogP contribution in [0.15, 0.2) is 18.2 Å². The van der Waals surface area contributed by atoms with Crippen LogP contribution in [-0.2, 0) is 9.59 Å². The molecule has 0 unspecified atom stereocenters. The van der Waals surface area contributed by atoms with E-state index < -0.39 is 23.4 Å². The van der Waals surface area contributed by atoms with Crippen LogP contribution in [0.3, 0.4) is 0 Å². The van der Waals surface area contributed by atoms with Crippen molar-refractivity contribution < 1.29 is 18.4 Å². The van der Waals surface area contributed by atoms with Crippen molar-refractivity contribution in [3.8, 4) is 0 Å². The summed E-state index contributed by atoms with van der Waals surface area (Å²) in [7, 11) is 1.35. The SMILES string of the molecule is CN(C(=O)C(=O)NCCCN1CCCCCC1)c1ccc(F)c(F)c1. The van der Waals surface area contributed by atoms with E-state index in [1.165, 1.54) is 38.8 Å². The standard InChI is InChI=1S/C18H25F2N3O2/c1-22(14-7-8-15(19)16(20)13-14)18(25)17(24)21-9-6-12-23-10-4-2-3-5-11-23/h7-8,13H,2-6,9-12H2,1H3,(H,21,24). The Hall–Kier alpha value is -2.02. The molecule has 1 aliphatic heterocycles. The average molecular weight is 353 g/mol. The molecule has 1 aromatic carbocycles. The molecule has 1 aromatic rings. The van der Waals surface area contributed by atoms with Gasteiger partial charge in [0, 0.05) is 25.3 Å². The second kappa shape index (κ2) is 9.46. The van der Waals surface area contributed by atoms with E-state index in [0.717, 1.165) is 43.1 Å². The Balaban J connectivity index is 1.75. The van der Waals surface area contributed by atoms with Crippen molar-refractivity contribution in [1.29, 1.82) is 0 Å². The van der Waals surface area contributed by atoms with Gasteiger partial charge in [-0.05, 0) is 51.0 Å². The number of hydrogen-bond donors (Lipinski definition) is 1. The minimum Gasteiger partial charge on any atom is -0.348 e. The second-order valence-corrected chi connectivity index (χ2v) is 6.33. The van der Waals surface area contributed by atoms with Gasteiger partial charge in [0.1, 0.15) is 0 Å². The fourth-order valence-electron chi connectivity index (χ4n) is 2.90. The first-order valence-corrected chi connectivity index (χ1v) is 8.72. The molecule has 5 nitrogen and oxygen atoms in total. The van der Waals surface area contributed by atoms with Crippen LogP contribution in [0.4, 0.5) is 14.5 Å². The zero-order valence-electron chi connectivity index (χ0n) is 14.6. The van der Waals surface area contributed by atoms with Crippen molar-refractivity contribution in [2.24, 2.45) is 0 Å². The summed E-state index contributed by atoms with van der Waals surface area (Å²) in [6.45, 7) is 3.48. The van der Waals surface area contributed by atoms with Crippen molar-refractivity contribution in [3.63, 3.8) is 0 Å². The number of hydrogen-bond acceptors (Lipinski definition) is 3. The Kier molecular flexibility index (Phi) is 7.31. The maximum absolute atomic E-state index is 13.2. The summed E-state index contributed by atoms with van der Waals surface area (Å²) in [6, 6.07) is 3.07. The van der Waals surface area contributed by atoms with Crippen molar-refractivity contribution in [2.45, 2.75) is 32.1 Å². The first-order valence-electron chi connectivity index (χ1n) is 8.72. The maximum atomic E-state index is 13.2. The Labute approximate surface area is 147 Å². The third-order valence-electron chi connectivity index (χ3n) is 4.42. The summed E-state index contributed by atoms with van der Waals surface area (Å²) in [5.74, 6) is -3.61. The minimum atomic E-state index is -1.06. The van der Waals surface area contributed by atoms with Crippen molar-refractivity contribution >= 4 is 17.5 Å². The van der Waals surface area contributed by atoms with Gasteiger partial charge in [-0.2, -0.15) is 0 Å². The molecule has 0 bridgehead atoms. The molecule has 0 radical (unpaired) electrons. The van der Waals surface area contributed by atoms with Gasteiger partial charge in [-0.3, -0.25) is 9.59 Å². The highest BCUT2D eigenvalue weighted by molar-refractivity contribution is 6.40. The van der Waals surface area contributed by atoms with Crippen LogP contribution >= 0.6 is 0 Å². The molecule has 1 heterocycles. The normalized spacial score (nSPS) is 15.5. The molecule has 1 N–H and O–H groups in total. The lowest BCUT2D eigenvalue weighted by molar-refractivity contribution is -0.137. The van der Waals surface area contributed by atoms with Gasteiger partial charge < -0.3 is 15.1 Å². The lowest BCUT2D eigenvalue weighted by atomic mass is 10.2. The fraction of sp³-hybridized carbons (Fsp3) is 0.556. The predicted octanol–water partition coefficient (Wildman–Crippen LogP) is 2.31. The lowest BCUT2D eigenvalue weighted by Crippen LogP contribution is -2.42. The third kappa shape index (κ3) is 5.77. The number of amides is 2. The van der Waals surface area contributed by atoms with Gasteiger partial charge >= 0.3 is 11.8 Å². The summed E-state index contributed by atoms with van der Waals surface area (Å²) >= 11 is 0. The Morgan fingerprint density at radius 1 is 1.12 bits per heavy atom. The van der Waals surface area contributed by atoms with Gasteiger partial charge in [-0.25, -0.2) is 8.78 Å². The monoisotopic (exact) mass is 353 g/mol. The molecule has 0 saturated carbocycles. The molecule has 0 aromatic heterocycles. The number of anilines is 1. The molecule has 138 valence electrons. The molecule has 1 aliphatic rings. The van der Waals surface area contributed by atoms with Crippen molar-refractivity contribution in [1.82, 2.24) is 10.2 Å². The fourth-order valence-corrected chi connectivity index (χ4v) is 2.90. The summed E-state index contributed by atoms with van der Waals surface area (Å²) < 4.78 is 26.2. The lowest BCUT2D eigenvalue weighted by Gasteiger charge is -2.20. The molecule has 0 aliphatic carbocycles. The van der Waals surface area contributed by atoms with Crippen LogP contribution in [0.2, 0.25) is 0 Å². The van der Waals surface area contributed by atoms with Crippen LogP contribution in [0, 0.1) is 11.6 Å². The largest absolute Gasteiger partial charge is 0.348 e. The third-order valence-corrected chi connectivity index (χ3v) is 4.42. The molecule has 0 spiro atoms. The predicted molar refractivity (Wildman–Crippen MR) is 92.3 cm³/mol. The Morgan fingerprint density at radius 3 is 2.44 bits per heavy atom. The summed E-state index contributed by atoms with van der Waals surface area (Å²) in [5, 5.41) is 2.59. The van der Waals surface area contributed by atoms with Gasteiger partial charge in [-0.15, -0.1) is 0 Å².